The lowest BCUT2D eigenvalue weighted by molar-refractivity contribution is -0.0204. The number of rotatable bonds is 5. The van der Waals surface area contributed by atoms with Crippen molar-refractivity contribution in [1.29, 1.82) is 0 Å². The Labute approximate surface area is 174 Å². The molecule has 156 valence electrons. The molecule has 30 heavy (non-hydrogen) atoms. The highest BCUT2D eigenvalue weighted by Crippen LogP contribution is 2.34. The molecular weight excluding hydrogens is 385 g/mol. The molecule has 1 heterocycles. The average molecular weight is 409 g/mol. The van der Waals surface area contributed by atoms with Crippen molar-refractivity contribution in [1.82, 2.24) is 4.90 Å². The zero-order valence-corrected chi connectivity index (χ0v) is 16.8. The van der Waals surface area contributed by atoms with Gasteiger partial charge < -0.3 is 19.5 Å². The molecule has 0 bridgehead atoms. The van der Waals surface area contributed by atoms with Crippen molar-refractivity contribution in [3.63, 3.8) is 0 Å². The molecule has 0 saturated carbocycles. The van der Waals surface area contributed by atoms with Crippen molar-refractivity contribution in [3.8, 4) is 5.75 Å². The molecule has 1 amide bonds. The lowest BCUT2D eigenvalue weighted by Gasteiger charge is -2.37. The number of carbonyl (C=O) groups is 1. The summed E-state index contributed by atoms with van der Waals surface area (Å²) in [4.78, 5) is 12.9. The summed E-state index contributed by atoms with van der Waals surface area (Å²) in [5.74, 6) is 0.463. The summed E-state index contributed by atoms with van der Waals surface area (Å²) in [6.45, 7) is 0.994. The van der Waals surface area contributed by atoms with Crippen molar-refractivity contribution in [3.05, 3.63) is 77.6 Å². The lowest BCUT2D eigenvalue weighted by atomic mass is 9.87. The van der Waals surface area contributed by atoms with E-state index in [1.807, 2.05) is 36.4 Å². The van der Waals surface area contributed by atoms with Gasteiger partial charge in [-0.2, -0.15) is 0 Å². The first-order chi connectivity index (χ1) is 14.6. The molecule has 0 spiro atoms. The first-order valence-corrected chi connectivity index (χ1v) is 9.96. The van der Waals surface area contributed by atoms with Crippen LogP contribution < -0.4 is 4.74 Å². The van der Waals surface area contributed by atoms with E-state index in [4.69, 9.17) is 9.47 Å². The summed E-state index contributed by atoms with van der Waals surface area (Å²) in [6, 6.07) is 18.4. The standard InChI is InChI=1S/C24H24FNO4/c1-29-23-18(7-6-16-4-2-3-5-21(16)23)15-30-22-14-26(24(27)28)13-12-20(22)17-8-10-19(25)11-9-17/h2-11,20,22H,12-15H2,1H3,(H,27,28). The Kier molecular flexibility index (Phi) is 5.86. The van der Waals surface area contributed by atoms with Crippen LogP contribution >= 0.6 is 0 Å². The molecular formula is C24H24FNO4. The highest BCUT2D eigenvalue weighted by atomic mass is 19.1. The van der Waals surface area contributed by atoms with Crippen LogP contribution in [0.15, 0.2) is 60.7 Å². The minimum atomic E-state index is -0.954. The highest BCUT2D eigenvalue weighted by Gasteiger charge is 2.33. The maximum absolute atomic E-state index is 13.4. The Morgan fingerprint density at radius 1 is 1.13 bits per heavy atom. The van der Waals surface area contributed by atoms with Gasteiger partial charge in [0.15, 0.2) is 0 Å². The summed E-state index contributed by atoms with van der Waals surface area (Å²) in [7, 11) is 1.64. The van der Waals surface area contributed by atoms with Gasteiger partial charge in [0.1, 0.15) is 11.6 Å². The number of nitrogens with zero attached hydrogens (tertiary/aromatic N) is 1. The predicted molar refractivity (Wildman–Crippen MR) is 112 cm³/mol. The molecule has 1 aliphatic rings. The molecule has 1 aliphatic heterocycles. The average Bonchev–Trinajstić information content (AvgIpc) is 2.77. The lowest BCUT2D eigenvalue weighted by Crippen LogP contribution is -2.46. The Morgan fingerprint density at radius 3 is 2.63 bits per heavy atom. The smallest absolute Gasteiger partial charge is 0.407 e. The fraction of sp³-hybridized carbons (Fsp3) is 0.292. The van der Waals surface area contributed by atoms with Gasteiger partial charge in [0.2, 0.25) is 0 Å². The molecule has 1 N–H and O–H groups in total. The second kappa shape index (κ2) is 8.71. The van der Waals surface area contributed by atoms with Gasteiger partial charge in [-0.05, 0) is 29.5 Å². The van der Waals surface area contributed by atoms with Gasteiger partial charge in [-0.3, -0.25) is 0 Å². The maximum atomic E-state index is 13.4. The fourth-order valence-corrected chi connectivity index (χ4v) is 4.19. The van der Waals surface area contributed by atoms with Crippen LogP contribution in [0.5, 0.6) is 5.75 Å². The largest absolute Gasteiger partial charge is 0.496 e. The predicted octanol–water partition coefficient (Wildman–Crippen LogP) is 5.04. The van der Waals surface area contributed by atoms with E-state index in [2.05, 4.69) is 0 Å². The van der Waals surface area contributed by atoms with Crippen LogP contribution in [0.2, 0.25) is 0 Å². The van der Waals surface area contributed by atoms with Crippen molar-refractivity contribution in [2.45, 2.75) is 25.0 Å². The number of halogens is 1. The molecule has 5 nitrogen and oxygen atoms in total. The van der Waals surface area contributed by atoms with Crippen molar-refractivity contribution < 1.29 is 23.8 Å². The fourth-order valence-electron chi connectivity index (χ4n) is 4.19. The van der Waals surface area contributed by atoms with Crippen LogP contribution in [-0.4, -0.2) is 42.4 Å². The molecule has 3 aromatic rings. The summed E-state index contributed by atoms with van der Waals surface area (Å²) >= 11 is 0. The van der Waals surface area contributed by atoms with Crippen LogP contribution in [-0.2, 0) is 11.3 Å². The van der Waals surface area contributed by atoms with Crippen LogP contribution in [0.3, 0.4) is 0 Å². The first kappa shape index (κ1) is 20.2. The molecule has 4 rings (SSSR count). The van der Waals surface area contributed by atoms with Gasteiger partial charge in [0, 0.05) is 23.4 Å². The first-order valence-electron chi connectivity index (χ1n) is 9.96. The molecule has 1 fully saturated rings. The van der Waals surface area contributed by atoms with Gasteiger partial charge >= 0.3 is 6.09 Å². The van der Waals surface area contributed by atoms with Crippen LogP contribution in [0.25, 0.3) is 10.8 Å². The minimum absolute atomic E-state index is 0.00680. The Balaban J connectivity index is 1.58. The monoisotopic (exact) mass is 409 g/mol. The number of likely N-dealkylation sites (tertiary alicyclic amines) is 1. The van der Waals surface area contributed by atoms with Crippen molar-refractivity contribution in [2.75, 3.05) is 20.2 Å². The van der Waals surface area contributed by atoms with E-state index in [9.17, 15) is 14.3 Å². The van der Waals surface area contributed by atoms with E-state index in [1.165, 1.54) is 17.0 Å². The zero-order chi connectivity index (χ0) is 21.1. The zero-order valence-electron chi connectivity index (χ0n) is 16.8. The van der Waals surface area contributed by atoms with Gasteiger partial charge in [-0.15, -0.1) is 0 Å². The second-order valence-corrected chi connectivity index (χ2v) is 7.50. The molecule has 1 saturated heterocycles. The van der Waals surface area contributed by atoms with Crippen LogP contribution in [0.1, 0.15) is 23.5 Å². The highest BCUT2D eigenvalue weighted by molar-refractivity contribution is 5.89. The van der Waals surface area contributed by atoms with E-state index in [0.717, 1.165) is 27.6 Å². The summed E-state index contributed by atoms with van der Waals surface area (Å²) in [6.07, 6.45) is -0.668. The summed E-state index contributed by atoms with van der Waals surface area (Å²) in [5.41, 5.74) is 1.86. The van der Waals surface area contributed by atoms with Crippen LogP contribution in [0, 0.1) is 5.82 Å². The third kappa shape index (κ3) is 4.09. The van der Waals surface area contributed by atoms with Gasteiger partial charge in [-0.1, -0.05) is 48.5 Å². The SMILES string of the molecule is COc1c(COC2CN(C(=O)O)CCC2c2ccc(F)cc2)ccc2ccccc12. The third-order valence-electron chi connectivity index (χ3n) is 5.75. The molecule has 6 heteroatoms. The molecule has 0 aliphatic carbocycles. The number of piperidine rings is 1. The number of fused-ring (bicyclic) bond motifs is 1. The Bertz CT molecular complexity index is 1040. The number of carboxylic acid groups (broad SMARTS) is 1. The molecule has 0 radical (unpaired) electrons. The summed E-state index contributed by atoms with van der Waals surface area (Å²) < 4.78 is 25.3. The van der Waals surface area contributed by atoms with E-state index < -0.39 is 6.09 Å². The maximum Gasteiger partial charge on any atom is 0.407 e. The number of hydrogen-bond donors (Lipinski definition) is 1. The molecule has 2 atom stereocenters. The second-order valence-electron chi connectivity index (χ2n) is 7.50. The number of benzene rings is 3. The van der Waals surface area contributed by atoms with Crippen LogP contribution in [0.4, 0.5) is 9.18 Å². The molecule has 0 aromatic heterocycles. The van der Waals surface area contributed by atoms with E-state index >= 15 is 0 Å². The molecule has 3 aromatic carbocycles. The Morgan fingerprint density at radius 2 is 1.90 bits per heavy atom. The van der Waals surface area contributed by atoms with E-state index in [-0.39, 0.29) is 24.4 Å². The number of amides is 1. The summed E-state index contributed by atoms with van der Waals surface area (Å²) in [5, 5.41) is 11.5. The molecule has 2 unspecified atom stereocenters. The normalized spacial score (nSPS) is 19.1. The number of methoxy groups -OCH3 is 1. The number of hydrogen-bond acceptors (Lipinski definition) is 3. The van der Waals surface area contributed by atoms with Gasteiger partial charge in [0.25, 0.3) is 0 Å². The topological polar surface area (TPSA) is 59.0 Å². The van der Waals surface area contributed by atoms with Gasteiger partial charge in [0.05, 0.1) is 26.4 Å². The van der Waals surface area contributed by atoms with Crippen molar-refractivity contribution >= 4 is 16.9 Å². The minimum Gasteiger partial charge on any atom is -0.496 e. The van der Waals surface area contributed by atoms with Crippen molar-refractivity contribution in [2.24, 2.45) is 0 Å². The quantitative estimate of drug-likeness (QED) is 0.641. The third-order valence-corrected chi connectivity index (χ3v) is 5.75. The van der Waals surface area contributed by atoms with E-state index in [0.29, 0.717) is 19.6 Å². The Hall–Kier alpha value is -3.12. The number of ether oxygens (including phenoxy) is 2. The van der Waals surface area contributed by atoms with E-state index in [1.54, 1.807) is 19.2 Å². The van der Waals surface area contributed by atoms with Gasteiger partial charge in [-0.25, -0.2) is 9.18 Å².